The maximum absolute atomic E-state index is 4.39. The predicted molar refractivity (Wildman–Crippen MR) is 74.2 cm³/mol. The summed E-state index contributed by atoms with van der Waals surface area (Å²) in [5, 5.41) is 7.74. The Kier molecular flexibility index (Phi) is 2.08. The highest BCUT2D eigenvalue weighted by atomic mass is 15.3. The van der Waals surface area contributed by atoms with E-state index in [1.807, 2.05) is 16.8 Å². The molecule has 0 amide bonds. The molecule has 0 radical (unpaired) electrons. The molecule has 0 bridgehead atoms. The van der Waals surface area contributed by atoms with E-state index in [1.165, 1.54) is 10.8 Å². The number of fused-ring (bicyclic) bond motifs is 2. The Bertz CT molecular complexity index is 879. The number of rotatable bonds is 1. The van der Waals surface area contributed by atoms with E-state index in [9.17, 15) is 0 Å². The Hall–Kier alpha value is -2.75. The van der Waals surface area contributed by atoms with Gasteiger partial charge >= 0.3 is 0 Å². The van der Waals surface area contributed by atoms with Crippen LogP contribution in [0.15, 0.2) is 61.2 Å². The van der Waals surface area contributed by atoms with Crippen molar-refractivity contribution in [2.45, 2.75) is 0 Å². The van der Waals surface area contributed by atoms with E-state index in [4.69, 9.17) is 0 Å². The van der Waals surface area contributed by atoms with Gasteiger partial charge in [0.15, 0.2) is 5.65 Å². The average molecular weight is 246 g/mol. The van der Waals surface area contributed by atoms with Gasteiger partial charge in [0, 0.05) is 6.20 Å². The van der Waals surface area contributed by atoms with Crippen molar-refractivity contribution in [3.8, 4) is 5.69 Å². The molecule has 4 aromatic rings. The molecule has 0 fully saturated rings. The van der Waals surface area contributed by atoms with Crippen LogP contribution in [0.25, 0.3) is 27.5 Å². The van der Waals surface area contributed by atoms with Crippen molar-refractivity contribution in [1.29, 1.82) is 0 Å². The molecule has 0 unspecified atom stereocenters. The van der Waals surface area contributed by atoms with Crippen molar-refractivity contribution in [2.24, 2.45) is 0 Å². The van der Waals surface area contributed by atoms with E-state index in [0.29, 0.717) is 0 Å². The lowest BCUT2D eigenvalue weighted by Crippen LogP contribution is -1.97. The maximum Gasteiger partial charge on any atom is 0.166 e. The summed E-state index contributed by atoms with van der Waals surface area (Å²) >= 11 is 0. The van der Waals surface area contributed by atoms with Crippen LogP contribution in [0, 0.1) is 0 Å². The van der Waals surface area contributed by atoms with Gasteiger partial charge < -0.3 is 0 Å². The molecule has 0 saturated carbocycles. The van der Waals surface area contributed by atoms with E-state index in [2.05, 4.69) is 45.4 Å². The van der Waals surface area contributed by atoms with Crippen molar-refractivity contribution in [2.75, 3.05) is 0 Å². The Morgan fingerprint density at radius 1 is 0.842 bits per heavy atom. The van der Waals surface area contributed by atoms with Crippen LogP contribution in [0.1, 0.15) is 0 Å². The van der Waals surface area contributed by atoms with Crippen LogP contribution in [0.5, 0.6) is 0 Å². The largest absolute Gasteiger partial charge is 0.244 e. The van der Waals surface area contributed by atoms with Gasteiger partial charge in [-0.2, -0.15) is 5.10 Å². The second-order valence-electron chi connectivity index (χ2n) is 4.39. The zero-order valence-electron chi connectivity index (χ0n) is 10.1. The quantitative estimate of drug-likeness (QED) is 0.518. The molecular formula is C15H10N4. The van der Waals surface area contributed by atoms with Crippen molar-refractivity contribution >= 4 is 21.8 Å². The number of hydrogen-bond acceptors (Lipinski definition) is 3. The van der Waals surface area contributed by atoms with Crippen LogP contribution in [-0.2, 0) is 0 Å². The first-order valence-corrected chi connectivity index (χ1v) is 6.05. The monoisotopic (exact) mass is 246 g/mol. The zero-order valence-corrected chi connectivity index (χ0v) is 10.1. The van der Waals surface area contributed by atoms with Crippen LogP contribution in [0.3, 0.4) is 0 Å². The second kappa shape index (κ2) is 3.88. The highest BCUT2D eigenvalue weighted by Gasteiger charge is 2.06. The van der Waals surface area contributed by atoms with Gasteiger partial charge in [0.05, 0.1) is 17.3 Å². The summed E-state index contributed by atoms with van der Waals surface area (Å²) in [7, 11) is 0. The first-order chi connectivity index (χ1) is 9.42. The Morgan fingerprint density at radius 2 is 1.74 bits per heavy atom. The molecule has 0 aliphatic rings. The summed E-state index contributed by atoms with van der Waals surface area (Å²) < 4.78 is 1.84. The summed E-state index contributed by atoms with van der Waals surface area (Å²) in [4.78, 5) is 8.29. The molecule has 0 saturated heterocycles. The lowest BCUT2D eigenvalue weighted by Gasteiger charge is -2.04. The SMILES string of the molecule is c1ccc2cc(-n3ncc4cncnc43)ccc2c1. The Morgan fingerprint density at radius 3 is 2.68 bits per heavy atom. The molecule has 0 spiro atoms. The zero-order chi connectivity index (χ0) is 12.7. The fourth-order valence-electron chi connectivity index (χ4n) is 2.27. The molecule has 0 atom stereocenters. The molecule has 19 heavy (non-hydrogen) atoms. The molecule has 2 aromatic carbocycles. The lowest BCUT2D eigenvalue weighted by molar-refractivity contribution is 0.896. The third-order valence-electron chi connectivity index (χ3n) is 3.21. The minimum atomic E-state index is 0.824. The maximum atomic E-state index is 4.39. The van der Waals surface area contributed by atoms with Gasteiger partial charge in [-0.25, -0.2) is 14.6 Å². The minimum Gasteiger partial charge on any atom is -0.244 e. The summed E-state index contributed by atoms with van der Waals surface area (Å²) in [5.74, 6) is 0. The topological polar surface area (TPSA) is 43.6 Å². The second-order valence-corrected chi connectivity index (χ2v) is 4.39. The Labute approximate surface area is 109 Å². The van der Waals surface area contributed by atoms with E-state index in [-0.39, 0.29) is 0 Å². The van der Waals surface area contributed by atoms with E-state index in [0.717, 1.165) is 16.7 Å². The van der Waals surface area contributed by atoms with Crippen molar-refractivity contribution in [3.05, 3.63) is 61.2 Å². The van der Waals surface area contributed by atoms with Gasteiger partial charge in [-0.15, -0.1) is 0 Å². The third-order valence-corrected chi connectivity index (χ3v) is 3.21. The molecule has 0 aliphatic heterocycles. The summed E-state index contributed by atoms with van der Waals surface area (Å²) in [5.41, 5.74) is 1.83. The predicted octanol–water partition coefficient (Wildman–Crippen LogP) is 2.97. The third kappa shape index (κ3) is 1.57. The van der Waals surface area contributed by atoms with Crippen LogP contribution < -0.4 is 0 Å². The lowest BCUT2D eigenvalue weighted by atomic mass is 10.1. The molecular weight excluding hydrogens is 236 g/mol. The molecule has 2 heterocycles. The summed E-state index contributed by atoms with van der Waals surface area (Å²) in [6, 6.07) is 14.5. The fraction of sp³-hybridized carbons (Fsp3) is 0. The normalized spacial score (nSPS) is 11.2. The van der Waals surface area contributed by atoms with Crippen LogP contribution in [-0.4, -0.2) is 19.7 Å². The van der Waals surface area contributed by atoms with Crippen molar-refractivity contribution in [1.82, 2.24) is 19.7 Å². The van der Waals surface area contributed by atoms with Crippen molar-refractivity contribution < 1.29 is 0 Å². The van der Waals surface area contributed by atoms with E-state index >= 15 is 0 Å². The molecule has 0 N–H and O–H groups in total. The smallest absolute Gasteiger partial charge is 0.166 e. The molecule has 4 rings (SSSR count). The van der Waals surface area contributed by atoms with Crippen molar-refractivity contribution in [3.63, 3.8) is 0 Å². The Balaban J connectivity index is 1.99. The number of benzene rings is 2. The first-order valence-electron chi connectivity index (χ1n) is 6.05. The highest BCUT2D eigenvalue weighted by molar-refractivity contribution is 5.85. The number of aromatic nitrogens is 4. The molecule has 4 heteroatoms. The molecule has 0 aliphatic carbocycles. The van der Waals surface area contributed by atoms with E-state index in [1.54, 1.807) is 18.7 Å². The van der Waals surface area contributed by atoms with Gasteiger partial charge in [0.25, 0.3) is 0 Å². The van der Waals surface area contributed by atoms with Crippen LogP contribution in [0.2, 0.25) is 0 Å². The molecule has 2 aromatic heterocycles. The molecule has 4 nitrogen and oxygen atoms in total. The fourth-order valence-corrected chi connectivity index (χ4v) is 2.27. The van der Waals surface area contributed by atoms with Gasteiger partial charge in [0.2, 0.25) is 0 Å². The minimum absolute atomic E-state index is 0.824. The van der Waals surface area contributed by atoms with Gasteiger partial charge in [0.1, 0.15) is 6.33 Å². The van der Waals surface area contributed by atoms with Crippen LogP contribution in [0.4, 0.5) is 0 Å². The van der Waals surface area contributed by atoms with Crippen LogP contribution >= 0.6 is 0 Å². The first kappa shape index (κ1) is 10.2. The van der Waals surface area contributed by atoms with Gasteiger partial charge in [-0.3, -0.25) is 0 Å². The summed E-state index contributed by atoms with van der Waals surface area (Å²) in [6.45, 7) is 0. The van der Waals surface area contributed by atoms with Gasteiger partial charge in [-0.05, 0) is 22.9 Å². The average Bonchev–Trinajstić information content (AvgIpc) is 2.91. The molecule has 90 valence electrons. The van der Waals surface area contributed by atoms with Gasteiger partial charge in [-0.1, -0.05) is 30.3 Å². The number of hydrogen-bond donors (Lipinski definition) is 0. The standard InChI is InChI=1S/C15H10N4/c1-2-4-12-7-14(6-5-11(12)3-1)19-15-13(9-18-19)8-16-10-17-15/h1-10H. The summed E-state index contributed by atoms with van der Waals surface area (Å²) in [6.07, 6.45) is 5.10. The highest BCUT2D eigenvalue weighted by Crippen LogP contribution is 2.20. The number of nitrogens with zero attached hydrogens (tertiary/aromatic N) is 4. The van der Waals surface area contributed by atoms with E-state index < -0.39 is 0 Å².